The maximum atomic E-state index is 12.9. The van der Waals surface area contributed by atoms with E-state index in [9.17, 15) is 4.79 Å². The van der Waals surface area contributed by atoms with Crippen LogP contribution in [-0.4, -0.2) is 36.5 Å². The molecule has 20 heavy (non-hydrogen) atoms. The van der Waals surface area contributed by atoms with Crippen LogP contribution in [-0.2, 0) is 4.79 Å². The van der Waals surface area contributed by atoms with Crippen LogP contribution in [0.5, 0.6) is 0 Å². The first-order valence-electron chi connectivity index (χ1n) is 8.59. The van der Waals surface area contributed by atoms with Gasteiger partial charge in [0, 0.05) is 19.1 Å². The molecule has 1 saturated carbocycles. The smallest absolute Gasteiger partial charge is 0.227 e. The molecular weight excluding hydrogens is 248 g/mol. The fourth-order valence-electron chi connectivity index (χ4n) is 3.66. The van der Waals surface area contributed by atoms with Crippen LogP contribution >= 0.6 is 0 Å². The molecule has 3 nitrogen and oxygen atoms in total. The summed E-state index contributed by atoms with van der Waals surface area (Å²) in [5, 5.41) is 3.43. The molecule has 1 aliphatic carbocycles. The van der Waals surface area contributed by atoms with Crippen molar-refractivity contribution in [2.24, 2.45) is 17.8 Å². The number of rotatable bonds is 5. The monoisotopic (exact) mass is 280 g/mol. The van der Waals surface area contributed by atoms with Gasteiger partial charge in [0.25, 0.3) is 0 Å². The van der Waals surface area contributed by atoms with E-state index in [1.807, 2.05) is 0 Å². The molecular formula is C17H32N2O. The normalized spacial score (nSPS) is 28.0. The summed E-state index contributed by atoms with van der Waals surface area (Å²) >= 11 is 0. The first-order chi connectivity index (χ1) is 9.58. The van der Waals surface area contributed by atoms with Crippen LogP contribution in [0.4, 0.5) is 0 Å². The summed E-state index contributed by atoms with van der Waals surface area (Å²) < 4.78 is 0. The molecule has 0 aromatic heterocycles. The SMILES string of the molecule is CC(C)CCN(C(=O)C1CNCC(C)C1)C1CCCC1. The van der Waals surface area contributed by atoms with Crippen LogP contribution in [0.25, 0.3) is 0 Å². The van der Waals surface area contributed by atoms with Gasteiger partial charge in [0.05, 0.1) is 5.92 Å². The first-order valence-corrected chi connectivity index (χ1v) is 8.59. The molecule has 1 N–H and O–H groups in total. The molecule has 0 aromatic rings. The fourth-order valence-corrected chi connectivity index (χ4v) is 3.66. The lowest BCUT2D eigenvalue weighted by Crippen LogP contribution is -2.48. The summed E-state index contributed by atoms with van der Waals surface area (Å²) in [5.41, 5.74) is 0. The summed E-state index contributed by atoms with van der Waals surface area (Å²) in [6.07, 6.45) is 7.25. The Kier molecular flexibility index (Phi) is 5.88. The molecule has 2 unspecified atom stereocenters. The summed E-state index contributed by atoms with van der Waals surface area (Å²) in [6.45, 7) is 9.67. The Hall–Kier alpha value is -0.570. The number of piperidine rings is 1. The molecule has 1 heterocycles. The second-order valence-electron chi connectivity index (χ2n) is 7.35. The van der Waals surface area contributed by atoms with Crippen molar-refractivity contribution in [3.63, 3.8) is 0 Å². The van der Waals surface area contributed by atoms with Crippen LogP contribution in [0, 0.1) is 17.8 Å². The largest absolute Gasteiger partial charge is 0.339 e. The Balaban J connectivity index is 1.98. The molecule has 0 radical (unpaired) electrons. The van der Waals surface area contributed by atoms with Gasteiger partial charge in [-0.2, -0.15) is 0 Å². The highest BCUT2D eigenvalue weighted by atomic mass is 16.2. The average molecular weight is 280 g/mol. The maximum absolute atomic E-state index is 12.9. The van der Waals surface area contributed by atoms with Crippen molar-refractivity contribution in [1.82, 2.24) is 10.2 Å². The highest BCUT2D eigenvalue weighted by Gasteiger charge is 2.33. The number of nitrogens with zero attached hydrogens (tertiary/aromatic N) is 1. The predicted molar refractivity (Wildman–Crippen MR) is 83.6 cm³/mol. The second-order valence-corrected chi connectivity index (χ2v) is 7.35. The zero-order valence-corrected chi connectivity index (χ0v) is 13.5. The van der Waals surface area contributed by atoms with Gasteiger partial charge in [-0.1, -0.05) is 33.6 Å². The van der Waals surface area contributed by atoms with Crippen LogP contribution in [0.2, 0.25) is 0 Å². The molecule has 3 heteroatoms. The summed E-state index contributed by atoms with van der Waals surface area (Å²) in [6, 6.07) is 0.526. The van der Waals surface area contributed by atoms with E-state index in [1.54, 1.807) is 0 Å². The molecule has 2 aliphatic rings. The van der Waals surface area contributed by atoms with Crippen molar-refractivity contribution in [3.8, 4) is 0 Å². The fraction of sp³-hybridized carbons (Fsp3) is 0.941. The van der Waals surface area contributed by atoms with E-state index < -0.39 is 0 Å². The van der Waals surface area contributed by atoms with Gasteiger partial charge in [-0.05, 0) is 44.1 Å². The molecule has 0 aromatic carbocycles. The highest BCUT2D eigenvalue weighted by Crippen LogP contribution is 2.27. The molecule has 1 amide bonds. The van der Waals surface area contributed by atoms with Crippen LogP contribution < -0.4 is 5.32 Å². The van der Waals surface area contributed by atoms with Crippen molar-refractivity contribution >= 4 is 5.91 Å². The minimum Gasteiger partial charge on any atom is -0.339 e. The molecule has 1 aliphatic heterocycles. The third-order valence-corrected chi connectivity index (χ3v) is 4.92. The summed E-state index contributed by atoms with van der Waals surface area (Å²) in [4.78, 5) is 15.2. The zero-order chi connectivity index (χ0) is 14.5. The highest BCUT2D eigenvalue weighted by molar-refractivity contribution is 5.79. The quantitative estimate of drug-likeness (QED) is 0.839. The Morgan fingerprint density at radius 1 is 1.25 bits per heavy atom. The van der Waals surface area contributed by atoms with Gasteiger partial charge in [0.15, 0.2) is 0 Å². The first kappa shape index (κ1) is 15.8. The van der Waals surface area contributed by atoms with Crippen molar-refractivity contribution in [2.75, 3.05) is 19.6 Å². The minimum absolute atomic E-state index is 0.214. The number of hydrogen-bond donors (Lipinski definition) is 1. The van der Waals surface area contributed by atoms with Crippen LogP contribution in [0.3, 0.4) is 0 Å². The number of hydrogen-bond acceptors (Lipinski definition) is 2. The van der Waals surface area contributed by atoms with Gasteiger partial charge in [-0.25, -0.2) is 0 Å². The third kappa shape index (κ3) is 4.21. The van der Waals surface area contributed by atoms with Gasteiger partial charge in [0.1, 0.15) is 0 Å². The zero-order valence-electron chi connectivity index (χ0n) is 13.5. The second kappa shape index (κ2) is 7.44. The van der Waals surface area contributed by atoms with Crippen LogP contribution in [0.1, 0.15) is 59.3 Å². The van der Waals surface area contributed by atoms with Gasteiger partial charge in [0.2, 0.25) is 5.91 Å². The molecule has 116 valence electrons. The van der Waals surface area contributed by atoms with Gasteiger partial charge < -0.3 is 10.2 Å². The Bertz CT molecular complexity index is 310. The Morgan fingerprint density at radius 3 is 2.55 bits per heavy atom. The van der Waals surface area contributed by atoms with Crippen molar-refractivity contribution < 1.29 is 4.79 Å². The van der Waals surface area contributed by atoms with E-state index in [2.05, 4.69) is 31.0 Å². The lowest BCUT2D eigenvalue weighted by molar-refractivity contribution is -0.139. The predicted octanol–water partition coefficient (Wildman–Crippen LogP) is 3.05. The number of amides is 1. The molecule has 1 saturated heterocycles. The number of carbonyl (C=O) groups excluding carboxylic acids is 1. The van der Waals surface area contributed by atoms with Crippen LogP contribution in [0.15, 0.2) is 0 Å². The molecule has 0 bridgehead atoms. The van der Waals surface area contributed by atoms with E-state index in [1.165, 1.54) is 25.7 Å². The van der Waals surface area contributed by atoms with E-state index >= 15 is 0 Å². The van der Waals surface area contributed by atoms with Crippen molar-refractivity contribution in [2.45, 2.75) is 65.3 Å². The van der Waals surface area contributed by atoms with Crippen molar-refractivity contribution in [3.05, 3.63) is 0 Å². The van der Waals surface area contributed by atoms with Crippen molar-refractivity contribution in [1.29, 1.82) is 0 Å². The Labute approximate surface area is 124 Å². The lowest BCUT2D eigenvalue weighted by atomic mass is 9.90. The topological polar surface area (TPSA) is 32.3 Å². The minimum atomic E-state index is 0.214. The number of carbonyl (C=O) groups is 1. The standard InChI is InChI=1S/C17H32N2O/c1-13(2)8-9-19(16-6-4-5-7-16)17(20)15-10-14(3)11-18-12-15/h13-16,18H,4-12H2,1-3H3. The lowest BCUT2D eigenvalue weighted by Gasteiger charge is -2.35. The molecule has 0 spiro atoms. The maximum Gasteiger partial charge on any atom is 0.227 e. The van der Waals surface area contributed by atoms with E-state index in [4.69, 9.17) is 0 Å². The van der Waals surface area contributed by atoms with E-state index in [0.717, 1.165) is 32.5 Å². The summed E-state index contributed by atoms with van der Waals surface area (Å²) in [5.74, 6) is 1.95. The van der Waals surface area contributed by atoms with Gasteiger partial charge in [-0.3, -0.25) is 4.79 Å². The van der Waals surface area contributed by atoms with Gasteiger partial charge >= 0.3 is 0 Å². The Morgan fingerprint density at radius 2 is 1.95 bits per heavy atom. The number of nitrogens with one attached hydrogen (secondary N) is 1. The average Bonchev–Trinajstić information content (AvgIpc) is 2.92. The van der Waals surface area contributed by atoms with Gasteiger partial charge in [-0.15, -0.1) is 0 Å². The molecule has 2 atom stereocenters. The van der Waals surface area contributed by atoms with E-state index in [-0.39, 0.29) is 5.92 Å². The third-order valence-electron chi connectivity index (χ3n) is 4.92. The van der Waals surface area contributed by atoms with E-state index in [0.29, 0.717) is 23.8 Å². The summed E-state index contributed by atoms with van der Waals surface area (Å²) in [7, 11) is 0. The molecule has 2 fully saturated rings. The molecule has 2 rings (SSSR count).